The number of hydrogen-bond acceptors (Lipinski definition) is 7. The fraction of sp³-hybridized carbons (Fsp3) is 0.143. The van der Waals surface area contributed by atoms with Gasteiger partial charge in [0.2, 0.25) is 12.7 Å². The summed E-state index contributed by atoms with van der Waals surface area (Å²) in [6.07, 6.45) is 0. The summed E-state index contributed by atoms with van der Waals surface area (Å²) in [6, 6.07) is 13.7. The Morgan fingerprint density at radius 3 is 2.41 bits per heavy atom. The summed E-state index contributed by atoms with van der Waals surface area (Å²) < 4.78 is 10.6. The number of carbonyl (C=O) groups is 2. The topological polar surface area (TPSA) is 102 Å². The fourth-order valence-corrected chi connectivity index (χ4v) is 2.83. The number of ether oxygens (including phenoxy) is 2. The second-order valence-corrected chi connectivity index (χ2v) is 6.50. The maximum Gasteiger partial charge on any atom is 0.274 e. The summed E-state index contributed by atoms with van der Waals surface area (Å²) in [5.74, 6) is 1.13. The van der Waals surface area contributed by atoms with Crippen LogP contribution >= 0.6 is 0 Å². The van der Waals surface area contributed by atoms with Crippen LogP contribution in [0.15, 0.2) is 48.5 Å². The van der Waals surface area contributed by atoms with Crippen molar-refractivity contribution in [2.24, 2.45) is 0 Å². The Bertz CT molecular complexity index is 1100. The lowest BCUT2D eigenvalue weighted by Crippen LogP contribution is -2.15. The molecule has 0 aliphatic carbocycles. The Hall–Kier alpha value is -3.94. The van der Waals surface area contributed by atoms with Gasteiger partial charge in [0.15, 0.2) is 17.3 Å². The number of nitrogens with one attached hydrogen (secondary N) is 2. The Balaban J connectivity index is 1.51. The van der Waals surface area contributed by atoms with Crippen molar-refractivity contribution in [2.45, 2.75) is 13.8 Å². The fourth-order valence-electron chi connectivity index (χ4n) is 2.83. The van der Waals surface area contributed by atoms with Crippen LogP contribution in [0.1, 0.15) is 33.5 Å². The van der Waals surface area contributed by atoms with Gasteiger partial charge in [-0.3, -0.25) is 9.59 Å². The van der Waals surface area contributed by atoms with E-state index in [4.69, 9.17) is 9.47 Å². The maximum absolute atomic E-state index is 12.7. The summed E-state index contributed by atoms with van der Waals surface area (Å²) in [7, 11) is 0. The minimum absolute atomic E-state index is 0.00849. The van der Waals surface area contributed by atoms with Crippen molar-refractivity contribution in [1.82, 2.24) is 9.97 Å². The van der Waals surface area contributed by atoms with Crippen LogP contribution in [0, 0.1) is 6.92 Å². The summed E-state index contributed by atoms with van der Waals surface area (Å²) in [4.78, 5) is 32.7. The highest BCUT2D eigenvalue weighted by Crippen LogP contribution is 2.34. The molecule has 0 bridgehead atoms. The van der Waals surface area contributed by atoms with E-state index in [1.807, 2.05) is 0 Å². The van der Waals surface area contributed by atoms with Gasteiger partial charge in [-0.25, -0.2) is 9.97 Å². The average Bonchev–Trinajstić information content (AvgIpc) is 3.16. The monoisotopic (exact) mass is 390 g/mol. The van der Waals surface area contributed by atoms with Crippen molar-refractivity contribution in [3.63, 3.8) is 0 Å². The summed E-state index contributed by atoms with van der Waals surface area (Å²) in [5.41, 5.74) is 2.76. The van der Waals surface area contributed by atoms with Crippen molar-refractivity contribution in [3.05, 3.63) is 65.5 Å². The molecule has 2 heterocycles. The Morgan fingerprint density at radius 1 is 0.931 bits per heavy atom. The number of rotatable bonds is 5. The van der Waals surface area contributed by atoms with Crippen LogP contribution in [0.5, 0.6) is 11.5 Å². The standard InChI is InChI=1S/C21H18N4O4/c1-12-9-17(20(27)23-16-7-8-18-19(10-16)29-11-28-18)25-21(22-12)24-15-5-3-14(4-6-15)13(2)26/h3-10H,11H2,1-2H3,(H,23,27)(H,22,24,25). The Kier molecular flexibility index (Phi) is 4.82. The zero-order valence-corrected chi connectivity index (χ0v) is 15.9. The molecule has 8 heteroatoms. The molecule has 0 saturated carbocycles. The largest absolute Gasteiger partial charge is 0.454 e. The molecule has 1 aromatic heterocycles. The van der Waals surface area contributed by atoms with Crippen LogP contribution in [-0.2, 0) is 0 Å². The van der Waals surface area contributed by atoms with E-state index in [1.54, 1.807) is 55.5 Å². The molecule has 2 aromatic carbocycles. The normalized spacial score (nSPS) is 11.8. The number of aryl methyl sites for hydroxylation is 1. The van der Waals surface area contributed by atoms with Gasteiger partial charge in [-0.1, -0.05) is 0 Å². The smallest absolute Gasteiger partial charge is 0.274 e. The number of carbonyl (C=O) groups excluding carboxylic acids is 2. The Morgan fingerprint density at radius 2 is 1.66 bits per heavy atom. The molecule has 1 amide bonds. The number of aromatic nitrogens is 2. The lowest BCUT2D eigenvalue weighted by molar-refractivity contribution is 0.101. The molecule has 0 unspecified atom stereocenters. The highest BCUT2D eigenvalue weighted by atomic mass is 16.7. The van der Waals surface area contributed by atoms with Crippen LogP contribution in [0.2, 0.25) is 0 Å². The second-order valence-electron chi connectivity index (χ2n) is 6.50. The molecular weight excluding hydrogens is 372 g/mol. The first-order valence-corrected chi connectivity index (χ1v) is 8.93. The van der Waals surface area contributed by atoms with Gasteiger partial charge in [-0.2, -0.15) is 0 Å². The van der Waals surface area contributed by atoms with Crippen molar-refractivity contribution < 1.29 is 19.1 Å². The number of amides is 1. The second kappa shape index (κ2) is 7.59. The van der Waals surface area contributed by atoms with Crippen molar-refractivity contribution in [3.8, 4) is 11.5 Å². The molecule has 29 heavy (non-hydrogen) atoms. The molecule has 0 radical (unpaired) electrons. The highest BCUT2D eigenvalue weighted by Gasteiger charge is 2.16. The summed E-state index contributed by atoms with van der Waals surface area (Å²) in [5, 5.41) is 5.85. The van der Waals surface area contributed by atoms with Crippen molar-refractivity contribution in [2.75, 3.05) is 17.4 Å². The molecule has 1 aliphatic heterocycles. The molecule has 8 nitrogen and oxygen atoms in total. The first-order valence-electron chi connectivity index (χ1n) is 8.93. The van der Waals surface area contributed by atoms with E-state index in [0.717, 1.165) is 0 Å². The maximum atomic E-state index is 12.7. The van der Waals surface area contributed by atoms with Crippen molar-refractivity contribution in [1.29, 1.82) is 0 Å². The van der Waals surface area contributed by atoms with Crippen LogP contribution in [0.25, 0.3) is 0 Å². The van der Waals surface area contributed by atoms with E-state index < -0.39 is 0 Å². The minimum atomic E-state index is -0.371. The molecule has 2 N–H and O–H groups in total. The zero-order valence-electron chi connectivity index (χ0n) is 15.9. The number of hydrogen-bond donors (Lipinski definition) is 2. The van der Waals surface area contributed by atoms with Crippen LogP contribution in [0.3, 0.4) is 0 Å². The van der Waals surface area contributed by atoms with E-state index >= 15 is 0 Å². The number of ketones is 1. The summed E-state index contributed by atoms with van der Waals surface area (Å²) in [6.45, 7) is 3.46. The van der Waals surface area contributed by atoms with Crippen LogP contribution < -0.4 is 20.1 Å². The van der Waals surface area contributed by atoms with Gasteiger partial charge in [-0.15, -0.1) is 0 Å². The highest BCUT2D eigenvalue weighted by molar-refractivity contribution is 6.03. The molecule has 3 aromatic rings. The number of fused-ring (bicyclic) bond motifs is 1. The van der Waals surface area contributed by atoms with Gasteiger partial charge in [0, 0.05) is 28.7 Å². The predicted molar refractivity (Wildman–Crippen MR) is 107 cm³/mol. The third-order valence-corrected chi connectivity index (χ3v) is 4.26. The van der Waals surface area contributed by atoms with E-state index in [0.29, 0.717) is 34.1 Å². The molecule has 0 saturated heterocycles. The van der Waals surface area contributed by atoms with Crippen LogP contribution in [0.4, 0.5) is 17.3 Å². The van der Waals surface area contributed by atoms with Crippen molar-refractivity contribution >= 4 is 29.0 Å². The first-order chi connectivity index (χ1) is 14.0. The molecule has 0 spiro atoms. The molecular formula is C21H18N4O4. The molecule has 146 valence electrons. The van der Waals surface area contributed by atoms with Gasteiger partial charge in [0.1, 0.15) is 5.69 Å². The van der Waals surface area contributed by atoms with E-state index in [1.165, 1.54) is 6.92 Å². The molecule has 1 aliphatic rings. The molecule has 4 rings (SSSR count). The number of anilines is 3. The SMILES string of the molecule is CC(=O)c1ccc(Nc2nc(C)cc(C(=O)Nc3ccc4c(c3)OCO4)n2)cc1. The van der Waals surface area contributed by atoms with Gasteiger partial charge in [-0.05, 0) is 56.3 Å². The lowest BCUT2D eigenvalue weighted by Gasteiger charge is -2.09. The number of Topliss-reactive ketones (excluding diaryl/α,β-unsaturated/α-hetero) is 1. The minimum Gasteiger partial charge on any atom is -0.454 e. The molecule has 0 atom stereocenters. The number of nitrogens with zero attached hydrogens (tertiary/aromatic N) is 2. The first kappa shape index (κ1) is 18.4. The Labute approximate surface area is 166 Å². The third-order valence-electron chi connectivity index (χ3n) is 4.26. The number of benzene rings is 2. The van der Waals surface area contributed by atoms with Crippen LogP contribution in [-0.4, -0.2) is 28.5 Å². The van der Waals surface area contributed by atoms with E-state index in [9.17, 15) is 9.59 Å². The predicted octanol–water partition coefficient (Wildman–Crippen LogP) is 3.71. The third kappa shape index (κ3) is 4.16. The van der Waals surface area contributed by atoms with Gasteiger partial charge < -0.3 is 20.1 Å². The average molecular weight is 390 g/mol. The zero-order chi connectivity index (χ0) is 20.4. The summed E-state index contributed by atoms with van der Waals surface area (Å²) >= 11 is 0. The quantitative estimate of drug-likeness (QED) is 0.640. The lowest BCUT2D eigenvalue weighted by atomic mass is 10.1. The van der Waals surface area contributed by atoms with E-state index in [-0.39, 0.29) is 30.1 Å². The van der Waals surface area contributed by atoms with E-state index in [2.05, 4.69) is 20.6 Å². The van der Waals surface area contributed by atoms with Gasteiger partial charge >= 0.3 is 0 Å². The van der Waals surface area contributed by atoms with Gasteiger partial charge in [0.05, 0.1) is 0 Å². The molecule has 0 fully saturated rings. The van der Waals surface area contributed by atoms with Gasteiger partial charge in [0.25, 0.3) is 5.91 Å².